The van der Waals surface area contributed by atoms with E-state index in [9.17, 15) is 19.2 Å². The predicted octanol–water partition coefficient (Wildman–Crippen LogP) is 8.85. The Morgan fingerprint density at radius 2 is 0.652 bits per heavy atom. The number of rotatable bonds is 4. The topological polar surface area (TPSA) is 74.8 Å². The molecule has 0 saturated heterocycles. The zero-order valence-electron chi connectivity index (χ0n) is 23.9. The molecule has 46 heavy (non-hydrogen) atoms. The minimum atomic E-state index is -0.331. The maximum absolute atomic E-state index is 13.9. The maximum Gasteiger partial charge on any atom is 0.261 e. The lowest BCUT2D eigenvalue weighted by Gasteiger charge is -2.30. The summed E-state index contributed by atoms with van der Waals surface area (Å²) in [5.74, 6) is -1.33. The van der Waals surface area contributed by atoms with E-state index in [4.69, 9.17) is 0 Å². The second-order valence-electron chi connectivity index (χ2n) is 11.8. The molecule has 0 bridgehead atoms. The van der Waals surface area contributed by atoms with E-state index in [0.717, 1.165) is 52.4 Å². The van der Waals surface area contributed by atoms with Gasteiger partial charge in [0.05, 0.1) is 13.1 Å². The zero-order valence-corrected chi connectivity index (χ0v) is 27.1. The fraction of sp³-hybridized carbons (Fsp3) is 0.0526. The molecule has 2 aliphatic heterocycles. The van der Waals surface area contributed by atoms with Crippen LogP contribution in [0.5, 0.6) is 0 Å². The van der Waals surface area contributed by atoms with E-state index < -0.39 is 0 Å². The number of hydrogen-bond acceptors (Lipinski definition) is 4. The average molecular weight is 728 g/mol. The zero-order chi connectivity index (χ0) is 31.4. The molecule has 0 aromatic heterocycles. The fourth-order valence-electron chi connectivity index (χ4n) is 7.20. The van der Waals surface area contributed by atoms with Crippen LogP contribution in [0, 0.1) is 0 Å². The maximum atomic E-state index is 13.9. The van der Waals surface area contributed by atoms with Gasteiger partial charge in [0.1, 0.15) is 0 Å². The van der Waals surface area contributed by atoms with Crippen LogP contribution in [0.4, 0.5) is 0 Å². The quantitative estimate of drug-likeness (QED) is 0.103. The van der Waals surface area contributed by atoms with Crippen molar-refractivity contribution >= 4 is 98.6 Å². The van der Waals surface area contributed by atoms with Crippen molar-refractivity contribution < 1.29 is 19.2 Å². The minimum Gasteiger partial charge on any atom is -0.270 e. The Labute approximate surface area is 278 Å². The number of imide groups is 2. The first kappa shape index (κ1) is 27.4. The van der Waals surface area contributed by atoms with E-state index >= 15 is 0 Å². The Morgan fingerprint density at radius 1 is 0.370 bits per heavy atom. The molecular formula is C38H20Br2N2O4. The van der Waals surface area contributed by atoms with Crippen LogP contribution in [0.1, 0.15) is 52.6 Å². The van der Waals surface area contributed by atoms with Gasteiger partial charge >= 0.3 is 0 Å². The molecule has 7 aromatic carbocycles. The molecule has 220 valence electrons. The number of carbonyl (C=O) groups excluding carboxylic acids is 4. The first-order valence-electron chi connectivity index (χ1n) is 14.7. The van der Waals surface area contributed by atoms with Crippen LogP contribution in [0.15, 0.2) is 106 Å². The van der Waals surface area contributed by atoms with Gasteiger partial charge in [-0.3, -0.25) is 29.0 Å². The molecule has 7 aromatic rings. The molecule has 2 aliphatic rings. The second kappa shape index (κ2) is 9.79. The van der Waals surface area contributed by atoms with Gasteiger partial charge in [0, 0.05) is 42.0 Å². The lowest BCUT2D eigenvalue weighted by molar-refractivity contribution is 0.0583. The Kier molecular flexibility index (Phi) is 5.83. The second-order valence-corrected chi connectivity index (χ2v) is 13.6. The van der Waals surface area contributed by atoms with Crippen molar-refractivity contribution in [2.24, 2.45) is 0 Å². The summed E-state index contributed by atoms with van der Waals surface area (Å²) >= 11 is 6.87. The van der Waals surface area contributed by atoms with Gasteiger partial charge in [-0.15, -0.1) is 0 Å². The normalized spacial score (nSPS) is 14.6. The van der Waals surface area contributed by atoms with Gasteiger partial charge < -0.3 is 0 Å². The Balaban J connectivity index is 1.22. The third-order valence-corrected chi connectivity index (χ3v) is 10.4. The molecule has 9 rings (SSSR count). The summed E-state index contributed by atoms with van der Waals surface area (Å²) in [6.07, 6.45) is 0. The van der Waals surface area contributed by atoms with Crippen LogP contribution < -0.4 is 0 Å². The molecule has 0 N–H and O–H groups in total. The molecule has 0 atom stereocenters. The monoisotopic (exact) mass is 726 g/mol. The number of fused-ring (bicyclic) bond motifs is 2. The number of carbonyl (C=O) groups is 4. The number of nitrogens with zero attached hydrogens (tertiary/aromatic N) is 2. The third-order valence-electron chi connectivity index (χ3n) is 9.31. The summed E-state index contributed by atoms with van der Waals surface area (Å²) < 4.78 is 1.84. The van der Waals surface area contributed by atoms with Gasteiger partial charge in [0.25, 0.3) is 23.6 Å². The largest absolute Gasteiger partial charge is 0.270 e. The summed E-state index contributed by atoms with van der Waals surface area (Å²) in [5.41, 5.74) is 3.63. The van der Waals surface area contributed by atoms with Gasteiger partial charge in [-0.05, 0) is 92.0 Å². The van der Waals surface area contributed by atoms with Crippen molar-refractivity contribution in [1.29, 1.82) is 0 Å². The molecule has 2 heterocycles. The van der Waals surface area contributed by atoms with Gasteiger partial charge in [0.2, 0.25) is 0 Å². The number of benzene rings is 7. The van der Waals surface area contributed by atoms with E-state index in [1.807, 2.05) is 72.8 Å². The average Bonchev–Trinajstić information content (AvgIpc) is 3.07. The van der Waals surface area contributed by atoms with Crippen LogP contribution in [-0.4, -0.2) is 33.4 Å². The Hall–Kier alpha value is -4.92. The molecular weight excluding hydrogens is 708 g/mol. The van der Waals surface area contributed by atoms with Crippen LogP contribution >= 0.6 is 31.9 Å². The van der Waals surface area contributed by atoms with Crippen LogP contribution in [-0.2, 0) is 13.1 Å². The summed E-state index contributed by atoms with van der Waals surface area (Å²) in [6, 6.07) is 30.0. The van der Waals surface area contributed by atoms with Crippen molar-refractivity contribution in [2.75, 3.05) is 0 Å². The highest BCUT2D eigenvalue weighted by Crippen LogP contribution is 2.46. The standard InChI is InChI=1S/C38H20Br2N2O4/c39-21-5-1-19(2-6-21)17-41-35(43)27-13-9-23-25-11-15-29-34-30(38(46)42(37(29)45)18-20-3-7-22(40)8-4-20)16-12-26(32(25)34)24-10-14-28(36(41)44)33(27)31(23)24/h1-16H,17-18H2. The molecule has 6 nitrogen and oxygen atoms in total. The van der Waals surface area contributed by atoms with Gasteiger partial charge in [-0.1, -0.05) is 80.4 Å². The number of halogens is 2. The van der Waals surface area contributed by atoms with E-state index in [1.165, 1.54) is 9.80 Å². The van der Waals surface area contributed by atoms with Gasteiger partial charge in [0.15, 0.2) is 0 Å². The summed E-state index contributed by atoms with van der Waals surface area (Å²) in [5, 5.41) is 6.42. The molecule has 0 fully saturated rings. The van der Waals surface area contributed by atoms with Crippen LogP contribution in [0.2, 0.25) is 0 Å². The Morgan fingerprint density at radius 3 is 0.935 bits per heavy atom. The fourth-order valence-corrected chi connectivity index (χ4v) is 7.73. The lowest BCUT2D eigenvalue weighted by atomic mass is 9.82. The first-order chi connectivity index (χ1) is 22.3. The summed E-state index contributed by atoms with van der Waals surface area (Å²) in [6.45, 7) is 0.341. The minimum absolute atomic E-state index is 0.171. The first-order valence-corrected chi connectivity index (χ1v) is 16.3. The van der Waals surface area contributed by atoms with E-state index in [0.29, 0.717) is 33.0 Å². The highest BCUT2D eigenvalue weighted by atomic mass is 79.9. The lowest BCUT2D eigenvalue weighted by Crippen LogP contribution is -2.40. The van der Waals surface area contributed by atoms with Crippen molar-refractivity contribution in [3.63, 3.8) is 0 Å². The molecule has 0 radical (unpaired) electrons. The molecule has 0 spiro atoms. The molecule has 4 amide bonds. The Bertz CT molecular complexity index is 2230. The van der Waals surface area contributed by atoms with Crippen molar-refractivity contribution in [2.45, 2.75) is 13.1 Å². The smallest absolute Gasteiger partial charge is 0.261 e. The van der Waals surface area contributed by atoms with Crippen molar-refractivity contribution in [3.8, 4) is 0 Å². The van der Waals surface area contributed by atoms with Crippen LogP contribution in [0.25, 0.3) is 43.1 Å². The number of hydrogen-bond donors (Lipinski definition) is 0. The van der Waals surface area contributed by atoms with E-state index in [1.54, 1.807) is 24.3 Å². The highest BCUT2D eigenvalue weighted by molar-refractivity contribution is 9.10. The highest BCUT2D eigenvalue weighted by Gasteiger charge is 2.37. The van der Waals surface area contributed by atoms with Gasteiger partial charge in [-0.2, -0.15) is 0 Å². The molecule has 0 aliphatic carbocycles. The summed E-state index contributed by atoms with van der Waals surface area (Å²) in [7, 11) is 0. The van der Waals surface area contributed by atoms with Gasteiger partial charge in [-0.25, -0.2) is 0 Å². The predicted molar refractivity (Wildman–Crippen MR) is 184 cm³/mol. The molecule has 8 heteroatoms. The SMILES string of the molecule is O=C1c2ccc3c4ccc5c6c(ccc(c7ccc(c2c37)C(=O)N1Cc1ccc(Br)cc1)c64)C(=O)N(Cc1ccc(Br)cc1)C5=O. The number of amides is 4. The van der Waals surface area contributed by atoms with Crippen molar-refractivity contribution in [1.82, 2.24) is 9.80 Å². The summed E-state index contributed by atoms with van der Waals surface area (Å²) in [4.78, 5) is 58.0. The molecule has 0 saturated carbocycles. The third kappa shape index (κ3) is 3.74. The van der Waals surface area contributed by atoms with Crippen molar-refractivity contribution in [3.05, 3.63) is 139 Å². The molecule has 0 unspecified atom stereocenters. The van der Waals surface area contributed by atoms with E-state index in [-0.39, 0.29) is 36.7 Å². The van der Waals surface area contributed by atoms with Crippen LogP contribution in [0.3, 0.4) is 0 Å². The van der Waals surface area contributed by atoms with E-state index in [2.05, 4.69) is 31.9 Å².